The molecule has 0 atom stereocenters. The van der Waals surface area contributed by atoms with Gasteiger partial charge in [0.25, 0.3) is 0 Å². The Morgan fingerprint density at radius 3 is 2.89 bits per heavy atom. The summed E-state index contributed by atoms with van der Waals surface area (Å²) in [5, 5.41) is 4.54. The molecule has 27 heavy (non-hydrogen) atoms. The van der Waals surface area contributed by atoms with E-state index in [0.717, 1.165) is 40.8 Å². The SMILES string of the molecule is Cc1cccc(COc2cc3[nH]c(CNC(=O)C4(C)CC4)cc3cc2Cl)n1. The molecule has 4 rings (SSSR count). The number of benzene rings is 1. The number of fused-ring (bicyclic) bond motifs is 1. The van der Waals surface area contributed by atoms with Gasteiger partial charge in [0, 0.05) is 33.8 Å². The van der Waals surface area contributed by atoms with Crippen LogP contribution < -0.4 is 10.1 Å². The summed E-state index contributed by atoms with van der Waals surface area (Å²) in [6, 6.07) is 11.6. The molecule has 0 bridgehead atoms. The maximum atomic E-state index is 12.1. The van der Waals surface area contributed by atoms with Gasteiger partial charge in [0.1, 0.15) is 12.4 Å². The molecule has 5 nitrogen and oxygen atoms in total. The Hall–Kier alpha value is -2.53. The lowest BCUT2D eigenvalue weighted by atomic mass is 10.1. The second-order valence-electron chi connectivity index (χ2n) is 7.47. The summed E-state index contributed by atoms with van der Waals surface area (Å²) in [4.78, 5) is 19.9. The fraction of sp³-hybridized carbons (Fsp3) is 0.333. The number of carbonyl (C=O) groups excluding carboxylic acids is 1. The van der Waals surface area contributed by atoms with Crippen LogP contribution in [0.5, 0.6) is 5.75 Å². The van der Waals surface area contributed by atoms with Crippen molar-refractivity contribution in [1.82, 2.24) is 15.3 Å². The summed E-state index contributed by atoms with van der Waals surface area (Å²) >= 11 is 6.38. The van der Waals surface area contributed by atoms with Crippen molar-refractivity contribution in [3.05, 3.63) is 58.5 Å². The molecule has 1 aliphatic carbocycles. The number of rotatable bonds is 6. The maximum absolute atomic E-state index is 12.1. The first-order valence-electron chi connectivity index (χ1n) is 9.08. The van der Waals surface area contributed by atoms with Crippen molar-refractivity contribution in [2.45, 2.75) is 39.8 Å². The van der Waals surface area contributed by atoms with Gasteiger partial charge in [-0.05, 0) is 44.0 Å². The quantitative estimate of drug-likeness (QED) is 0.657. The van der Waals surface area contributed by atoms with Crippen LogP contribution in [-0.2, 0) is 17.9 Å². The molecule has 2 heterocycles. The molecule has 1 aliphatic rings. The molecule has 1 aromatic carbocycles. The lowest BCUT2D eigenvalue weighted by Crippen LogP contribution is -2.29. The second-order valence-corrected chi connectivity index (χ2v) is 7.87. The molecular formula is C21H22ClN3O2. The fourth-order valence-electron chi connectivity index (χ4n) is 3.03. The second kappa shape index (κ2) is 6.89. The average molecular weight is 384 g/mol. The van der Waals surface area contributed by atoms with Crippen molar-refractivity contribution < 1.29 is 9.53 Å². The highest BCUT2D eigenvalue weighted by Crippen LogP contribution is 2.45. The summed E-state index contributed by atoms with van der Waals surface area (Å²) < 4.78 is 5.86. The van der Waals surface area contributed by atoms with Crippen LogP contribution in [0.25, 0.3) is 10.9 Å². The van der Waals surface area contributed by atoms with Gasteiger partial charge in [0.2, 0.25) is 5.91 Å². The van der Waals surface area contributed by atoms with E-state index in [1.165, 1.54) is 0 Å². The highest BCUT2D eigenvalue weighted by molar-refractivity contribution is 6.32. The van der Waals surface area contributed by atoms with Gasteiger partial charge < -0.3 is 15.0 Å². The molecule has 1 fully saturated rings. The van der Waals surface area contributed by atoms with Crippen LogP contribution in [0.2, 0.25) is 5.02 Å². The zero-order chi connectivity index (χ0) is 19.0. The third-order valence-electron chi connectivity index (χ3n) is 5.04. The normalized spacial score (nSPS) is 14.9. The summed E-state index contributed by atoms with van der Waals surface area (Å²) in [6.07, 6.45) is 1.94. The highest BCUT2D eigenvalue weighted by Gasteiger charge is 2.44. The first-order valence-corrected chi connectivity index (χ1v) is 9.45. The Kier molecular flexibility index (Phi) is 4.56. The van der Waals surface area contributed by atoms with Crippen LogP contribution in [0.15, 0.2) is 36.4 Å². The van der Waals surface area contributed by atoms with Gasteiger partial charge in [-0.3, -0.25) is 9.78 Å². The lowest BCUT2D eigenvalue weighted by Gasteiger charge is -2.08. The third kappa shape index (κ3) is 3.93. The zero-order valence-electron chi connectivity index (χ0n) is 15.4. The highest BCUT2D eigenvalue weighted by atomic mass is 35.5. The van der Waals surface area contributed by atoms with Crippen molar-refractivity contribution in [2.24, 2.45) is 5.41 Å². The Labute approximate surface area is 163 Å². The molecule has 6 heteroatoms. The molecular weight excluding hydrogens is 362 g/mol. The Balaban J connectivity index is 1.46. The van der Waals surface area contributed by atoms with E-state index in [0.29, 0.717) is 23.9 Å². The number of aromatic amines is 1. The topological polar surface area (TPSA) is 67.0 Å². The number of H-pyrrole nitrogens is 1. The first kappa shape index (κ1) is 17.9. The maximum Gasteiger partial charge on any atom is 0.226 e. The number of aryl methyl sites for hydroxylation is 1. The molecule has 0 unspecified atom stereocenters. The number of hydrogen-bond acceptors (Lipinski definition) is 3. The van der Waals surface area contributed by atoms with Crippen molar-refractivity contribution in [3.8, 4) is 5.75 Å². The molecule has 0 saturated heterocycles. The molecule has 0 spiro atoms. The largest absolute Gasteiger partial charge is 0.486 e. The minimum Gasteiger partial charge on any atom is -0.486 e. The fourth-order valence-corrected chi connectivity index (χ4v) is 3.26. The molecule has 3 aromatic rings. The van der Waals surface area contributed by atoms with E-state index in [9.17, 15) is 4.79 Å². The summed E-state index contributed by atoms with van der Waals surface area (Å²) in [6.45, 7) is 4.78. The van der Waals surface area contributed by atoms with Crippen LogP contribution in [0.3, 0.4) is 0 Å². The Bertz CT molecular complexity index is 1010. The van der Waals surface area contributed by atoms with Crippen molar-refractivity contribution in [1.29, 1.82) is 0 Å². The minimum absolute atomic E-state index is 0.119. The van der Waals surface area contributed by atoms with E-state index in [-0.39, 0.29) is 11.3 Å². The van der Waals surface area contributed by atoms with E-state index in [2.05, 4.69) is 15.3 Å². The van der Waals surface area contributed by atoms with Crippen molar-refractivity contribution in [2.75, 3.05) is 0 Å². The molecule has 0 aliphatic heterocycles. The Morgan fingerprint density at radius 2 is 2.15 bits per heavy atom. The molecule has 1 saturated carbocycles. The van der Waals surface area contributed by atoms with Crippen LogP contribution in [0.1, 0.15) is 36.8 Å². The van der Waals surface area contributed by atoms with Crippen LogP contribution in [0.4, 0.5) is 0 Å². The first-order chi connectivity index (χ1) is 12.9. The average Bonchev–Trinajstić information content (AvgIpc) is 3.27. The van der Waals surface area contributed by atoms with E-state index < -0.39 is 0 Å². The number of pyridine rings is 1. The number of carbonyl (C=O) groups is 1. The third-order valence-corrected chi connectivity index (χ3v) is 5.33. The van der Waals surface area contributed by atoms with Crippen molar-refractivity contribution in [3.63, 3.8) is 0 Å². The standard InChI is InChI=1S/C21H22ClN3O2/c1-13-4-3-5-15(24-13)12-27-19-10-18-14(9-17(19)22)8-16(25-18)11-23-20(26)21(2)6-7-21/h3-5,8-10,25H,6-7,11-12H2,1-2H3,(H,23,26). The number of halogens is 1. The number of ether oxygens (including phenoxy) is 1. The van der Waals surface area contributed by atoms with Gasteiger partial charge in [-0.2, -0.15) is 0 Å². The van der Waals surface area contributed by atoms with Gasteiger partial charge in [0.05, 0.1) is 17.3 Å². The summed E-state index contributed by atoms with van der Waals surface area (Å²) in [5.74, 6) is 0.726. The number of aromatic nitrogens is 2. The van der Waals surface area contributed by atoms with Crippen LogP contribution in [0, 0.1) is 12.3 Å². The predicted molar refractivity (Wildman–Crippen MR) is 106 cm³/mol. The van der Waals surface area contributed by atoms with Gasteiger partial charge in [-0.25, -0.2) is 0 Å². The van der Waals surface area contributed by atoms with E-state index in [4.69, 9.17) is 16.3 Å². The van der Waals surface area contributed by atoms with Crippen molar-refractivity contribution >= 4 is 28.4 Å². The number of amides is 1. The number of nitrogens with one attached hydrogen (secondary N) is 2. The summed E-state index contributed by atoms with van der Waals surface area (Å²) in [5.41, 5.74) is 3.51. The molecule has 140 valence electrons. The predicted octanol–water partition coefficient (Wildman–Crippen LogP) is 4.52. The monoisotopic (exact) mass is 383 g/mol. The van der Waals surface area contributed by atoms with Gasteiger partial charge >= 0.3 is 0 Å². The molecule has 2 aromatic heterocycles. The molecule has 0 radical (unpaired) electrons. The van der Waals surface area contributed by atoms with Gasteiger partial charge in [0.15, 0.2) is 0 Å². The lowest BCUT2D eigenvalue weighted by molar-refractivity contribution is -0.125. The summed E-state index contributed by atoms with van der Waals surface area (Å²) in [7, 11) is 0. The Morgan fingerprint density at radius 1 is 1.33 bits per heavy atom. The zero-order valence-corrected chi connectivity index (χ0v) is 16.2. The van der Waals surface area contributed by atoms with E-state index >= 15 is 0 Å². The number of nitrogens with zero attached hydrogens (tertiary/aromatic N) is 1. The van der Waals surface area contributed by atoms with Gasteiger partial charge in [-0.15, -0.1) is 0 Å². The smallest absolute Gasteiger partial charge is 0.226 e. The van der Waals surface area contributed by atoms with E-state index in [1.54, 1.807) is 0 Å². The minimum atomic E-state index is -0.167. The van der Waals surface area contributed by atoms with Crippen LogP contribution in [-0.4, -0.2) is 15.9 Å². The molecule has 2 N–H and O–H groups in total. The number of hydrogen-bond donors (Lipinski definition) is 2. The molecule has 1 amide bonds. The van der Waals surface area contributed by atoms with Crippen LogP contribution >= 0.6 is 11.6 Å². The van der Waals surface area contributed by atoms with E-state index in [1.807, 2.05) is 50.2 Å². The van der Waals surface area contributed by atoms with Gasteiger partial charge in [-0.1, -0.05) is 24.6 Å².